The van der Waals surface area contributed by atoms with Crippen LogP contribution >= 0.6 is 0 Å². The van der Waals surface area contributed by atoms with Crippen molar-refractivity contribution >= 4 is 0 Å². The maximum atomic E-state index is 5.61. The Morgan fingerprint density at radius 3 is 2.43 bits per heavy atom. The van der Waals surface area contributed by atoms with E-state index >= 15 is 0 Å². The zero-order chi connectivity index (χ0) is 10.8. The number of rotatable bonds is 9. The van der Waals surface area contributed by atoms with E-state index in [4.69, 9.17) is 9.47 Å². The van der Waals surface area contributed by atoms with Crippen LogP contribution < -0.4 is 5.32 Å². The standard InChI is InChI=1S/C11H25NO2/c1-5-6-10(2)7-14-9-11(12-3)8-13-4/h10-12H,5-9H2,1-4H3. The van der Waals surface area contributed by atoms with Gasteiger partial charge in [-0.3, -0.25) is 0 Å². The largest absolute Gasteiger partial charge is 0.383 e. The number of likely N-dealkylation sites (N-methyl/N-ethyl adjacent to an activating group) is 1. The molecule has 0 heterocycles. The third kappa shape index (κ3) is 7.30. The second-order valence-electron chi connectivity index (χ2n) is 3.87. The van der Waals surface area contributed by atoms with Crippen molar-refractivity contribution in [3.05, 3.63) is 0 Å². The second kappa shape index (κ2) is 9.44. The zero-order valence-corrected chi connectivity index (χ0v) is 10.0. The van der Waals surface area contributed by atoms with Crippen LogP contribution in [0, 0.1) is 5.92 Å². The van der Waals surface area contributed by atoms with E-state index in [0.29, 0.717) is 18.6 Å². The van der Waals surface area contributed by atoms with E-state index in [0.717, 1.165) is 13.2 Å². The monoisotopic (exact) mass is 203 g/mol. The van der Waals surface area contributed by atoms with Crippen LogP contribution in [0.4, 0.5) is 0 Å². The van der Waals surface area contributed by atoms with Crippen molar-refractivity contribution in [1.29, 1.82) is 0 Å². The topological polar surface area (TPSA) is 30.5 Å². The van der Waals surface area contributed by atoms with Gasteiger partial charge in [0.05, 0.1) is 19.3 Å². The van der Waals surface area contributed by atoms with Crippen LogP contribution in [-0.4, -0.2) is 40.0 Å². The van der Waals surface area contributed by atoms with Crippen molar-refractivity contribution in [3.63, 3.8) is 0 Å². The van der Waals surface area contributed by atoms with Gasteiger partial charge in [0.15, 0.2) is 0 Å². The predicted molar refractivity (Wildman–Crippen MR) is 59.6 cm³/mol. The lowest BCUT2D eigenvalue weighted by Gasteiger charge is -2.17. The van der Waals surface area contributed by atoms with Crippen LogP contribution in [0.3, 0.4) is 0 Å². The van der Waals surface area contributed by atoms with Gasteiger partial charge >= 0.3 is 0 Å². The molecule has 0 aliphatic heterocycles. The summed E-state index contributed by atoms with van der Waals surface area (Å²) in [6.45, 7) is 6.73. The van der Waals surface area contributed by atoms with Crippen LogP contribution in [0.2, 0.25) is 0 Å². The first-order valence-corrected chi connectivity index (χ1v) is 5.48. The molecule has 0 spiro atoms. The first-order valence-electron chi connectivity index (χ1n) is 5.48. The molecule has 0 fully saturated rings. The third-order valence-electron chi connectivity index (χ3n) is 2.28. The summed E-state index contributed by atoms with van der Waals surface area (Å²) < 4.78 is 10.7. The van der Waals surface area contributed by atoms with Crippen molar-refractivity contribution in [2.45, 2.75) is 32.7 Å². The van der Waals surface area contributed by atoms with Crippen LogP contribution in [0.25, 0.3) is 0 Å². The predicted octanol–water partition coefficient (Wildman–Crippen LogP) is 1.67. The summed E-state index contributed by atoms with van der Waals surface area (Å²) in [4.78, 5) is 0. The molecular weight excluding hydrogens is 178 g/mol. The number of hydrogen-bond acceptors (Lipinski definition) is 3. The minimum Gasteiger partial charge on any atom is -0.383 e. The molecule has 0 amide bonds. The van der Waals surface area contributed by atoms with Crippen molar-refractivity contribution in [3.8, 4) is 0 Å². The normalized spacial score (nSPS) is 15.4. The quantitative estimate of drug-likeness (QED) is 0.618. The first kappa shape index (κ1) is 13.9. The van der Waals surface area contributed by atoms with Crippen LogP contribution in [0.1, 0.15) is 26.7 Å². The molecule has 0 bridgehead atoms. The number of methoxy groups -OCH3 is 1. The lowest BCUT2D eigenvalue weighted by atomic mass is 10.1. The van der Waals surface area contributed by atoms with Gasteiger partial charge in [0.25, 0.3) is 0 Å². The van der Waals surface area contributed by atoms with Gasteiger partial charge in [-0.05, 0) is 19.4 Å². The molecule has 2 atom stereocenters. The molecular formula is C11H25NO2. The molecule has 0 aromatic heterocycles. The van der Waals surface area contributed by atoms with E-state index in [1.54, 1.807) is 7.11 Å². The van der Waals surface area contributed by atoms with Crippen molar-refractivity contribution < 1.29 is 9.47 Å². The van der Waals surface area contributed by atoms with E-state index in [1.807, 2.05) is 7.05 Å². The van der Waals surface area contributed by atoms with Crippen LogP contribution in [-0.2, 0) is 9.47 Å². The van der Waals surface area contributed by atoms with Gasteiger partial charge in [-0.2, -0.15) is 0 Å². The maximum absolute atomic E-state index is 5.61. The Labute approximate surface area is 88.2 Å². The highest BCUT2D eigenvalue weighted by molar-refractivity contribution is 4.62. The molecule has 0 saturated carbocycles. The second-order valence-corrected chi connectivity index (χ2v) is 3.87. The SMILES string of the molecule is CCCC(C)COCC(COC)NC. The average molecular weight is 203 g/mol. The van der Waals surface area contributed by atoms with Gasteiger partial charge in [0.2, 0.25) is 0 Å². The molecule has 0 radical (unpaired) electrons. The van der Waals surface area contributed by atoms with E-state index in [2.05, 4.69) is 19.2 Å². The summed E-state index contributed by atoms with van der Waals surface area (Å²) in [5.74, 6) is 0.667. The molecule has 0 aliphatic rings. The van der Waals surface area contributed by atoms with Gasteiger partial charge in [0.1, 0.15) is 0 Å². The van der Waals surface area contributed by atoms with Crippen LogP contribution in [0.5, 0.6) is 0 Å². The Kier molecular flexibility index (Phi) is 9.35. The fourth-order valence-electron chi connectivity index (χ4n) is 1.40. The van der Waals surface area contributed by atoms with Crippen LogP contribution in [0.15, 0.2) is 0 Å². The summed E-state index contributed by atoms with van der Waals surface area (Å²) in [7, 11) is 3.65. The Bertz CT molecular complexity index is 120. The minimum atomic E-state index is 0.314. The Morgan fingerprint density at radius 1 is 1.21 bits per heavy atom. The van der Waals surface area contributed by atoms with Crippen molar-refractivity contribution in [1.82, 2.24) is 5.32 Å². The fourth-order valence-corrected chi connectivity index (χ4v) is 1.40. The molecule has 0 aliphatic carbocycles. The lowest BCUT2D eigenvalue weighted by Crippen LogP contribution is -2.35. The summed E-state index contributed by atoms with van der Waals surface area (Å²) >= 11 is 0. The fraction of sp³-hybridized carbons (Fsp3) is 1.00. The molecule has 1 N–H and O–H groups in total. The van der Waals surface area contributed by atoms with Gasteiger partial charge in [-0.25, -0.2) is 0 Å². The van der Waals surface area contributed by atoms with E-state index < -0.39 is 0 Å². The van der Waals surface area contributed by atoms with E-state index in [9.17, 15) is 0 Å². The first-order chi connectivity index (χ1) is 6.74. The number of nitrogens with one attached hydrogen (secondary N) is 1. The molecule has 0 rings (SSSR count). The molecule has 0 saturated heterocycles. The highest BCUT2D eigenvalue weighted by atomic mass is 16.5. The van der Waals surface area contributed by atoms with Gasteiger partial charge in [0, 0.05) is 13.7 Å². The van der Waals surface area contributed by atoms with E-state index in [-0.39, 0.29) is 0 Å². The molecule has 0 aromatic carbocycles. The highest BCUT2D eigenvalue weighted by Crippen LogP contribution is 2.05. The minimum absolute atomic E-state index is 0.314. The Hall–Kier alpha value is -0.120. The molecule has 14 heavy (non-hydrogen) atoms. The third-order valence-corrected chi connectivity index (χ3v) is 2.28. The summed E-state index contributed by atoms with van der Waals surface area (Å²) in [5.41, 5.74) is 0. The summed E-state index contributed by atoms with van der Waals surface area (Å²) in [6.07, 6.45) is 2.48. The molecule has 3 nitrogen and oxygen atoms in total. The van der Waals surface area contributed by atoms with Gasteiger partial charge < -0.3 is 14.8 Å². The number of ether oxygens (including phenoxy) is 2. The summed E-state index contributed by atoms with van der Waals surface area (Å²) in [5, 5.41) is 3.16. The van der Waals surface area contributed by atoms with Gasteiger partial charge in [-0.15, -0.1) is 0 Å². The van der Waals surface area contributed by atoms with E-state index in [1.165, 1.54) is 12.8 Å². The maximum Gasteiger partial charge on any atom is 0.0642 e. The highest BCUT2D eigenvalue weighted by Gasteiger charge is 2.06. The zero-order valence-electron chi connectivity index (χ0n) is 10.0. The average Bonchev–Trinajstić information content (AvgIpc) is 2.17. The van der Waals surface area contributed by atoms with Gasteiger partial charge in [-0.1, -0.05) is 20.3 Å². The lowest BCUT2D eigenvalue weighted by molar-refractivity contribution is 0.0589. The number of hydrogen-bond donors (Lipinski definition) is 1. The molecule has 3 heteroatoms. The molecule has 86 valence electrons. The smallest absolute Gasteiger partial charge is 0.0642 e. The van der Waals surface area contributed by atoms with Crippen molar-refractivity contribution in [2.75, 3.05) is 34.0 Å². The molecule has 0 aromatic rings. The summed E-state index contributed by atoms with van der Waals surface area (Å²) in [6, 6.07) is 0.314. The Balaban J connectivity index is 3.40. The van der Waals surface area contributed by atoms with Crippen molar-refractivity contribution in [2.24, 2.45) is 5.92 Å². The molecule has 2 unspecified atom stereocenters. The Morgan fingerprint density at radius 2 is 1.93 bits per heavy atom.